The SMILES string of the molecule is CCN(C(=O)C(C)C)C(C)c1nc2ccccc2c(=O)n1-c1ccc(C)c(C)c1. The molecule has 0 aliphatic heterocycles. The van der Waals surface area contributed by atoms with Gasteiger partial charge in [-0.15, -0.1) is 0 Å². The van der Waals surface area contributed by atoms with Crippen LogP contribution in [0.2, 0.25) is 0 Å². The Morgan fingerprint density at radius 2 is 1.76 bits per heavy atom. The summed E-state index contributed by atoms with van der Waals surface area (Å²) in [5.41, 5.74) is 3.56. The molecule has 5 nitrogen and oxygen atoms in total. The van der Waals surface area contributed by atoms with Gasteiger partial charge in [0.05, 0.1) is 22.6 Å². The van der Waals surface area contributed by atoms with Gasteiger partial charge < -0.3 is 4.90 Å². The van der Waals surface area contributed by atoms with Crippen LogP contribution < -0.4 is 5.56 Å². The Kier molecular flexibility index (Phi) is 5.87. The van der Waals surface area contributed by atoms with Gasteiger partial charge in [0.15, 0.2) is 0 Å². The number of nitrogens with zero attached hydrogens (tertiary/aromatic N) is 3. The Bertz CT molecular complexity index is 1110. The maximum absolute atomic E-state index is 13.5. The standard InChI is InChI=1S/C24H29N3O2/c1-7-26(23(28)15(2)3)18(6)22-25-21-11-9-8-10-20(21)24(29)27(22)19-13-12-16(4)17(5)14-19/h8-15,18H,7H2,1-6H3. The number of aryl methyl sites for hydroxylation is 2. The minimum atomic E-state index is -0.339. The van der Waals surface area contributed by atoms with E-state index in [-0.39, 0.29) is 23.4 Å². The largest absolute Gasteiger partial charge is 0.333 e. The molecule has 1 atom stereocenters. The number of carbonyl (C=O) groups excluding carboxylic acids is 1. The van der Waals surface area contributed by atoms with E-state index >= 15 is 0 Å². The molecule has 0 bridgehead atoms. The van der Waals surface area contributed by atoms with Crippen LogP contribution >= 0.6 is 0 Å². The second kappa shape index (κ2) is 8.19. The van der Waals surface area contributed by atoms with Crippen LogP contribution in [0.4, 0.5) is 0 Å². The second-order valence-electron chi connectivity index (χ2n) is 7.85. The minimum absolute atomic E-state index is 0.0500. The number of hydrogen-bond acceptors (Lipinski definition) is 3. The number of hydrogen-bond donors (Lipinski definition) is 0. The molecule has 0 N–H and O–H groups in total. The highest BCUT2D eigenvalue weighted by Crippen LogP contribution is 2.25. The highest BCUT2D eigenvalue weighted by atomic mass is 16.2. The van der Waals surface area contributed by atoms with Gasteiger partial charge in [0.1, 0.15) is 5.82 Å². The minimum Gasteiger partial charge on any atom is -0.333 e. The molecule has 1 amide bonds. The number of carbonyl (C=O) groups is 1. The Morgan fingerprint density at radius 1 is 1.07 bits per heavy atom. The summed E-state index contributed by atoms with van der Waals surface area (Å²) in [7, 11) is 0. The molecule has 29 heavy (non-hydrogen) atoms. The van der Waals surface area contributed by atoms with Crippen LogP contribution in [0.3, 0.4) is 0 Å². The van der Waals surface area contributed by atoms with Crippen molar-refractivity contribution in [2.75, 3.05) is 6.54 Å². The number of amides is 1. The zero-order valence-electron chi connectivity index (χ0n) is 18.1. The molecular weight excluding hydrogens is 362 g/mol. The molecule has 0 radical (unpaired) electrons. The first kappa shape index (κ1) is 20.8. The number of aromatic nitrogens is 2. The van der Waals surface area contributed by atoms with Gasteiger partial charge in [0, 0.05) is 12.5 Å². The van der Waals surface area contributed by atoms with Gasteiger partial charge in [-0.1, -0.05) is 32.0 Å². The van der Waals surface area contributed by atoms with Crippen LogP contribution in [-0.2, 0) is 4.79 Å². The van der Waals surface area contributed by atoms with Gasteiger partial charge in [-0.25, -0.2) is 4.98 Å². The number of rotatable bonds is 5. The van der Waals surface area contributed by atoms with Gasteiger partial charge in [0.25, 0.3) is 5.56 Å². The zero-order chi connectivity index (χ0) is 21.3. The Balaban J connectivity index is 2.31. The summed E-state index contributed by atoms with van der Waals surface area (Å²) in [6, 6.07) is 13.0. The molecule has 3 aromatic rings. The first-order chi connectivity index (χ1) is 13.8. The fourth-order valence-corrected chi connectivity index (χ4v) is 3.64. The van der Waals surface area contributed by atoms with Crippen molar-refractivity contribution in [1.29, 1.82) is 0 Å². The molecule has 3 rings (SSSR count). The molecule has 1 heterocycles. The summed E-state index contributed by atoms with van der Waals surface area (Å²) in [5, 5.41) is 0.569. The normalized spacial score (nSPS) is 12.4. The maximum atomic E-state index is 13.5. The average molecular weight is 392 g/mol. The van der Waals surface area contributed by atoms with Crippen LogP contribution in [0.15, 0.2) is 47.3 Å². The molecular formula is C24H29N3O2. The van der Waals surface area contributed by atoms with Crippen molar-refractivity contribution in [3.63, 3.8) is 0 Å². The van der Waals surface area contributed by atoms with E-state index < -0.39 is 0 Å². The van der Waals surface area contributed by atoms with Gasteiger partial charge in [-0.3, -0.25) is 14.2 Å². The van der Waals surface area contributed by atoms with E-state index in [2.05, 4.69) is 0 Å². The van der Waals surface area contributed by atoms with Crippen molar-refractivity contribution < 1.29 is 4.79 Å². The average Bonchev–Trinajstić information content (AvgIpc) is 2.70. The predicted octanol–water partition coefficient (Wildman–Crippen LogP) is 4.57. The summed E-state index contributed by atoms with van der Waals surface area (Å²) in [6.45, 7) is 12.3. The van der Waals surface area contributed by atoms with E-state index in [9.17, 15) is 9.59 Å². The third-order valence-corrected chi connectivity index (χ3v) is 5.51. The van der Waals surface area contributed by atoms with E-state index in [1.165, 1.54) is 0 Å². The molecule has 0 aliphatic carbocycles. The van der Waals surface area contributed by atoms with Gasteiger partial charge in [0.2, 0.25) is 5.91 Å². The molecule has 0 fully saturated rings. The van der Waals surface area contributed by atoms with E-state index in [1.807, 2.05) is 77.9 Å². The third kappa shape index (κ3) is 3.82. The monoisotopic (exact) mass is 391 g/mol. The Hall–Kier alpha value is -2.95. The number of para-hydroxylation sites is 1. The number of benzene rings is 2. The molecule has 1 unspecified atom stereocenters. The summed E-state index contributed by atoms with van der Waals surface area (Å²) >= 11 is 0. The van der Waals surface area contributed by atoms with E-state index in [0.29, 0.717) is 23.3 Å². The van der Waals surface area contributed by atoms with E-state index in [1.54, 1.807) is 15.5 Å². The molecule has 152 valence electrons. The molecule has 0 spiro atoms. The Morgan fingerprint density at radius 3 is 2.38 bits per heavy atom. The topological polar surface area (TPSA) is 55.2 Å². The van der Waals surface area contributed by atoms with Gasteiger partial charge >= 0.3 is 0 Å². The van der Waals surface area contributed by atoms with E-state index in [0.717, 1.165) is 16.8 Å². The molecule has 5 heteroatoms. The van der Waals surface area contributed by atoms with Gasteiger partial charge in [-0.2, -0.15) is 0 Å². The fourth-order valence-electron chi connectivity index (χ4n) is 3.64. The van der Waals surface area contributed by atoms with Crippen molar-refractivity contribution in [2.24, 2.45) is 5.92 Å². The highest BCUT2D eigenvalue weighted by Gasteiger charge is 2.27. The van der Waals surface area contributed by atoms with Crippen molar-refractivity contribution in [1.82, 2.24) is 14.5 Å². The molecule has 0 saturated heterocycles. The van der Waals surface area contributed by atoms with Crippen LogP contribution in [-0.4, -0.2) is 26.9 Å². The quantitative estimate of drug-likeness (QED) is 0.640. The third-order valence-electron chi connectivity index (χ3n) is 5.51. The Labute approximate surface area is 172 Å². The maximum Gasteiger partial charge on any atom is 0.266 e. The predicted molar refractivity (Wildman–Crippen MR) is 117 cm³/mol. The van der Waals surface area contributed by atoms with Crippen LogP contribution in [0.25, 0.3) is 16.6 Å². The lowest BCUT2D eigenvalue weighted by molar-refractivity contribution is -0.136. The lowest BCUT2D eigenvalue weighted by atomic mass is 10.1. The molecule has 1 aromatic heterocycles. The summed E-state index contributed by atoms with van der Waals surface area (Å²) in [6.07, 6.45) is 0. The van der Waals surface area contributed by atoms with E-state index in [4.69, 9.17) is 4.98 Å². The van der Waals surface area contributed by atoms with Crippen molar-refractivity contribution >= 4 is 16.8 Å². The molecule has 0 saturated carbocycles. The lowest BCUT2D eigenvalue weighted by Gasteiger charge is -2.31. The molecule has 0 aliphatic rings. The number of fused-ring (bicyclic) bond motifs is 1. The van der Waals surface area contributed by atoms with Gasteiger partial charge in [-0.05, 0) is 63.1 Å². The van der Waals surface area contributed by atoms with Crippen molar-refractivity contribution in [3.05, 3.63) is 69.8 Å². The smallest absolute Gasteiger partial charge is 0.266 e. The van der Waals surface area contributed by atoms with Crippen LogP contribution in [0.1, 0.15) is 50.7 Å². The first-order valence-corrected chi connectivity index (χ1v) is 10.2. The summed E-state index contributed by atoms with van der Waals surface area (Å²) in [4.78, 5) is 32.9. The fraction of sp³-hybridized carbons (Fsp3) is 0.375. The van der Waals surface area contributed by atoms with Crippen molar-refractivity contribution in [2.45, 2.75) is 47.6 Å². The lowest BCUT2D eigenvalue weighted by Crippen LogP contribution is -2.39. The summed E-state index contributed by atoms with van der Waals surface area (Å²) < 4.78 is 1.66. The first-order valence-electron chi connectivity index (χ1n) is 10.2. The van der Waals surface area contributed by atoms with Crippen LogP contribution in [0, 0.1) is 19.8 Å². The molecule has 2 aromatic carbocycles. The van der Waals surface area contributed by atoms with Crippen molar-refractivity contribution in [3.8, 4) is 5.69 Å². The highest BCUT2D eigenvalue weighted by molar-refractivity contribution is 5.79. The zero-order valence-corrected chi connectivity index (χ0v) is 18.1. The second-order valence-corrected chi connectivity index (χ2v) is 7.85. The summed E-state index contributed by atoms with van der Waals surface area (Å²) in [5.74, 6) is 0.501. The van der Waals surface area contributed by atoms with Crippen LogP contribution in [0.5, 0.6) is 0 Å².